The Morgan fingerprint density at radius 2 is 1.81 bits per heavy atom. The number of rotatable bonds is 5. The van der Waals surface area contributed by atoms with E-state index in [1.165, 1.54) is 0 Å². The maximum absolute atomic E-state index is 13.8. The van der Waals surface area contributed by atoms with Crippen LogP contribution in [0, 0.1) is 5.82 Å². The summed E-state index contributed by atoms with van der Waals surface area (Å²) < 4.78 is 57.3. The normalized spacial score (nSPS) is 14.4. The monoisotopic (exact) mass is 523 g/mol. The number of halogens is 4. The number of fused-ring (bicyclic) bond motifs is 1. The van der Waals surface area contributed by atoms with Crippen LogP contribution in [0.2, 0.25) is 0 Å². The first-order chi connectivity index (χ1) is 17.1. The third-order valence-electron chi connectivity index (χ3n) is 5.66. The molecular formula is C26H29F4N3O4. The smallest absolute Gasteiger partial charge is 0.419 e. The van der Waals surface area contributed by atoms with Gasteiger partial charge >= 0.3 is 12.3 Å². The van der Waals surface area contributed by atoms with Crippen LogP contribution in [0.25, 0.3) is 0 Å². The Morgan fingerprint density at radius 3 is 2.43 bits per heavy atom. The molecule has 3 rings (SSSR count). The zero-order valence-corrected chi connectivity index (χ0v) is 21.0. The minimum absolute atomic E-state index is 0.107. The van der Waals surface area contributed by atoms with E-state index in [1.54, 1.807) is 44.7 Å². The molecule has 1 atom stereocenters. The van der Waals surface area contributed by atoms with Crippen molar-refractivity contribution in [1.29, 1.82) is 0 Å². The number of hydrogen-bond donors (Lipinski definition) is 2. The molecule has 2 aromatic carbocycles. The maximum atomic E-state index is 13.8. The Kier molecular flexibility index (Phi) is 8.14. The fraction of sp³-hybridized carbons (Fsp3) is 0.423. The van der Waals surface area contributed by atoms with Crippen LogP contribution in [-0.2, 0) is 39.9 Å². The highest BCUT2D eigenvalue weighted by atomic mass is 19.4. The highest BCUT2D eigenvalue weighted by Gasteiger charge is 2.34. The van der Waals surface area contributed by atoms with Gasteiger partial charge in [0, 0.05) is 18.8 Å². The van der Waals surface area contributed by atoms with Gasteiger partial charge in [-0.3, -0.25) is 9.59 Å². The lowest BCUT2D eigenvalue weighted by molar-refractivity contribution is -0.140. The van der Waals surface area contributed by atoms with Gasteiger partial charge in [-0.25, -0.2) is 9.18 Å². The molecular weight excluding hydrogens is 494 g/mol. The summed E-state index contributed by atoms with van der Waals surface area (Å²) in [4.78, 5) is 39.0. The van der Waals surface area contributed by atoms with Crippen molar-refractivity contribution in [2.24, 2.45) is 0 Å². The van der Waals surface area contributed by atoms with Crippen molar-refractivity contribution >= 4 is 23.6 Å². The summed E-state index contributed by atoms with van der Waals surface area (Å²) in [6.07, 6.45) is -5.38. The molecule has 2 aromatic rings. The van der Waals surface area contributed by atoms with Gasteiger partial charge in [0.1, 0.15) is 17.5 Å². The second-order valence-corrected chi connectivity index (χ2v) is 9.86. The minimum Gasteiger partial charge on any atom is -0.444 e. The third-order valence-corrected chi connectivity index (χ3v) is 5.66. The summed E-state index contributed by atoms with van der Waals surface area (Å²) in [6.45, 7) is 7.35. The highest BCUT2D eigenvalue weighted by Crippen LogP contribution is 2.32. The second kappa shape index (κ2) is 10.8. The van der Waals surface area contributed by atoms with E-state index < -0.39 is 41.2 Å². The quantitative estimate of drug-likeness (QED) is 0.550. The molecule has 1 aliphatic heterocycles. The Hall–Kier alpha value is -3.63. The Bertz CT molecular complexity index is 1190. The van der Waals surface area contributed by atoms with Crippen molar-refractivity contribution in [3.05, 3.63) is 64.5 Å². The summed E-state index contributed by atoms with van der Waals surface area (Å²) in [5.41, 5.74) is 0.175. The summed E-state index contributed by atoms with van der Waals surface area (Å²) in [5, 5.41) is 5.27. The van der Waals surface area contributed by atoms with Gasteiger partial charge in [0.25, 0.3) is 0 Å². The number of benzene rings is 2. The molecule has 37 heavy (non-hydrogen) atoms. The van der Waals surface area contributed by atoms with E-state index in [2.05, 4.69) is 10.6 Å². The van der Waals surface area contributed by atoms with Crippen molar-refractivity contribution in [1.82, 2.24) is 10.2 Å². The molecule has 3 amide bonds. The van der Waals surface area contributed by atoms with E-state index >= 15 is 0 Å². The number of hydrogen-bond acceptors (Lipinski definition) is 4. The van der Waals surface area contributed by atoms with Crippen LogP contribution in [0.3, 0.4) is 0 Å². The average Bonchev–Trinajstić information content (AvgIpc) is 2.76. The number of alkyl carbamates (subject to hydrolysis) is 1. The summed E-state index contributed by atoms with van der Waals surface area (Å²) in [6, 6.07) is 6.81. The van der Waals surface area contributed by atoms with Gasteiger partial charge in [0.05, 0.1) is 12.0 Å². The number of amides is 3. The molecule has 0 aromatic heterocycles. The van der Waals surface area contributed by atoms with E-state index in [0.717, 1.165) is 17.2 Å². The molecule has 0 radical (unpaired) electrons. The summed E-state index contributed by atoms with van der Waals surface area (Å²) in [5.74, 6) is -2.23. The van der Waals surface area contributed by atoms with E-state index in [9.17, 15) is 31.9 Å². The number of carbonyl (C=O) groups is 3. The molecule has 1 heterocycles. The standard InChI is InChI=1S/C26H29F4N3O4/c1-15(31-24(36)37-25(2,3)4)23(35)33-11-10-18-17(14-33)6-5-7-21(18)32-22(34)13-16-8-9-19(20(27)12-16)26(28,29)30/h5-9,12,15H,10-11,13-14H2,1-4H3,(H,31,36)(H,32,34). The highest BCUT2D eigenvalue weighted by molar-refractivity contribution is 5.93. The van der Waals surface area contributed by atoms with E-state index in [0.29, 0.717) is 30.8 Å². The molecule has 0 saturated carbocycles. The molecule has 0 spiro atoms. The third kappa shape index (κ3) is 7.43. The first-order valence-corrected chi connectivity index (χ1v) is 11.7. The molecule has 7 nitrogen and oxygen atoms in total. The Balaban J connectivity index is 1.63. The molecule has 11 heteroatoms. The van der Waals surface area contributed by atoms with Gasteiger partial charge in [-0.15, -0.1) is 0 Å². The van der Waals surface area contributed by atoms with E-state index in [-0.39, 0.29) is 24.4 Å². The molecule has 2 N–H and O–H groups in total. The lowest BCUT2D eigenvalue weighted by Crippen LogP contribution is -2.49. The fourth-order valence-electron chi connectivity index (χ4n) is 4.01. The van der Waals surface area contributed by atoms with E-state index in [4.69, 9.17) is 4.74 Å². The predicted molar refractivity (Wildman–Crippen MR) is 128 cm³/mol. The molecule has 0 saturated heterocycles. The van der Waals surface area contributed by atoms with Gasteiger partial charge in [-0.2, -0.15) is 13.2 Å². The zero-order chi connectivity index (χ0) is 27.5. The number of carbonyl (C=O) groups excluding carboxylic acids is 3. The van der Waals surface area contributed by atoms with Crippen LogP contribution in [0.1, 0.15) is 49.9 Å². The summed E-state index contributed by atoms with van der Waals surface area (Å²) in [7, 11) is 0. The lowest BCUT2D eigenvalue weighted by atomic mass is 9.97. The average molecular weight is 524 g/mol. The van der Waals surface area contributed by atoms with Crippen molar-refractivity contribution in [3.8, 4) is 0 Å². The molecule has 1 unspecified atom stereocenters. The zero-order valence-electron chi connectivity index (χ0n) is 21.0. The number of anilines is 1. The fourth-order valence-corrected chi connectivity index (χ4v) is 4.01. The van der Waals surface area contributed by atoms with Crippen LogP contribution in [0.5, 0.6) is 0 Å². The van der Waals surface area contributed by atoms with Gasteiger partial charge in [-0.1, -0.05) is 18.2 Å². The Morgan fingerprint density at radius 1 is 1.11 bits per heavy atom. The van der Waals surface area contributed by atoms with Crippen LogP contribution in [0.15, 0.2) is 36.4 Å². The number of ether oxygens (including phenoxy) is 1. The molecule has 200 valence electrons. The van der Waals surface area contributed by atoms with Gasteiger partial charge < -0.3 is 20.3 Å². The minimum atomic E-state index is -4.81. The first kappa shape index (κ1) is 27.9. The van der Waals surface area contributed by atoms with Gasteiger partial charge in [0.15, 0.2) is 0 Å². The summed E-state index contributed by atoms with van der Waals surface area (Å²) >= 11 is 0. The first-order valence-electron chi connectivity index (χ1n) is 11.7. The number of alkyl halides is 3. The van der Waals surface area contributed by atoms with Gasteiger partial charge in [-0.05, 0) is 69.0 Å². The molecule has 1 aliphatic rings. The lowest BCUT2D eigenvalue weighted by Gasteiger charge is -2.32. The van der Waals surface area contributed by atoms with Crippen LogP contribution >= 0.6 is 0 Å². The van der Waals surface area contributed by atoms with E-state index in [1.807, 2.05) is 6.07 Å². The van der Waals surface area contributed by atoms with Crippen LogP contribution in [-0.4, -0.2) is 41.0 Å². The molecule has 0 fully saturated rings. The number of nitrogens with zero attached hydrogens (tertiary/aromatic N) is 1. The molecule has 0 aliphatic carbocycles. The van der Waals surface area contributed by atoms with Gasteiger partial charge in [0.2, 0.25) is 11.8 Å². The Labute approximate surface area is 212 Å². The van der Waals surface area contributed by atoms with Crippen molar-refractivity contribution < 1.29 is 36.7 Å². The van der Waals surface area contributed by atoms with Crippen molar-refractivity contribution in [2.45, 2.75) is 64.9 Å². The second-order valence-electron chi connectivity index (χ2n) is 9.86. The van der Waals surface area contributed by atoms with Crippen molar-refractivity contribution in [3.63, 3.8) is 0 Å². The SMILES string of the molecule is CC(NC(=O)OC(C)(C)C)C(=O)N1CCc2c(cccc2NC(=O)Cc2ccc(C(F)(F)F)c(F)c2)C1. The topological polar surface area (TPSA) is 87.7 Å². The number of nitrogens with one attached hydrogen (secondary N) is 2. The van der Waals surface area contributed by atoms with Crippen LogP contribution in [0.4, 0.5) is 28.0 Å². The van der Waals surface area contributed by atoms with Crippen molar-refractivity contribution in [2.75, 3.05) is 11.9 Å². The molecule has 0 bridgehead atoms. The largest absolute Gasteiger partial charge is 0.444 e. The maximum Gasteiger partial charge on any atom is 0.419 e. The predicted octanol–water partition coefficient (Wildman–Crippen LogP) is 4.82. The van der Waals surface area contributed by atoms with Crippen LogP contribution < -0.4 is 10.6 Å².